The van der Waals surface area contributed by atoms with Crippen molar-refractivity contribution in [3.8, 4) is 11.6 Å². The maximum absolute atomic E-state index is 12.1. The van der Waals surface area contributed by atoms with Crippen molar-refractivity contribution < 1.29 is 18.0 Å². The molecule has 6 nitrogen and oxygen atoms in total. The number of halogens is 2. The lowest BCUT2D eigenvalue weighted by Crippen LogP contribution is -1.98. The van der Waals surface area contributed by atoms with Crippen molar-refractivity contribution in [2.24, 2.45) is 0 Å². The maximum Gasteiger partial charge on any atom is 0.333 e. The number of aldehydes is 1. The highest BCUT2D eigenvalue weighted by atomic mass is 19.3. The Balaban J connectivity index is 2.32. The maximum atomic E-state index is 12.1. The minimum absolute atomic E-state index is 0.0727. The number of nitrogens with zero attached hydrogens (tertiary/aromatic N) is 4. The third-order valence-corrected chi connectivity index (χ3v) is 1.57. The first-order valence-corrected chi connectivity index (χ1v) is 3.83. The van der Waals surface area contributed by atoms with Crippen LogP contribution in [0, 0.1) is 0 Å². The van der Waals surface area contributed by atoms with Crippen molar-refractivity contribution in [3.63, 3.8) is 0 Å². The lowest BCUT2D eigenvalue weighted by molar-refractivity contribution is 0.0568. The van der Waals surface area contributed by atoms with Crippen LogP contribution in [0.1, 0.15) is 17.2 Å². The summed E-state index contributed by atoms with van der Waals surface area (Å²) in [4.78, 5) is 10.2. The van der Waals surface area contributed by atoms with Gasteiger partial charge in [0.2, 0.25) is 6.29 Å². The Bertz CT molecular complexity index is 479. The van der Waals surface area contributed by atoms with Crippen LogP contribution < -0.4 is 0 Å². The van der Waals surface area contributed by atoms with Crippen molar-refractivity contribution in [2.75, 3.05) is 0 Å². The van der Waals surface area contributed by atoms with E-state index in [0.717, 1.165) is 6.20 Å². The molecule has 0 amide bonds. The van der Waals surface area contributed by atoms with Gasteiger partial charge in [0.15, 0.2) is 0 Å². The van der Waals surface area contributed by atoms with Crippen molar-refractivity contribution in [2.45, 2.75) is 6.55 Å². The fourth-order valence-electron chi connectivity index (χ4n) is 0.947. The molecular weight excluding hydrogens is 210 g/mol. The summed E-state index contributed by atoms with van der Waals surface area (Å²) in [5.74, 6) is -0.298. The van der Waals surface area contributed by atoms with Gasteiger partial charge in [-0.15, -0.1) is 10.2 Å². The molecule has 0 atom stereocenters. The number of carbonyl (C=O) groups is 1. The SMILES string of the molecule is O=Cc1nnc(-c2ccn(C(F)F)n2)o1. The molecule has 78 valence electrons. The van der Waals surface area contributed by atoms with Crippen LogP contribution in [0.4, 0.5) is 8.78 Å². The highest BCUT2D eigenvalue weighted by Gasteiger charge is 2.13. The van der Waals surface area contributed by atoms with E-state index in [2.05, 4.69) is 15.3 Å². The molecule has 0 saturated carbocycles. The van der Waals surface area contributed by atoms with Gasteiger partial charge in [0.05, 0.1) is 0 Å². The van der Waals surface area contributed by atoms with Crippen LogP contribution in [-0.2, 0) is 0 Å². The van der Waals surface area contributed by atoms with E-state index in [-0.39, 0.29) is 17.5 Å². The summed E-state index contributed by atoms with van der Waals surface area (Å²) >= 11 is 0. The molecule has 0 spiro atoms. The first-order chi connectivity index (χ1) is 7.20. The van der Waals surface area contributed by atoms with Gasteiger partial charge in [0, 0.05) is 6.20 Å². The van der Waals surface area contributed by atoms with E-state index in [9.17, 15) is 13.6 Å². The van der Waals surface area contributed by atoms with Crippen LogP contribution in [-0.4, -0.2) is 26.3 Å². The van der Waals surface area contributed by atoms with Gasteiger partial charge in [-0.3, -0.25) is 4.79 Å². The van der Waals surface area contributed by atoms with Crippen LogP contribution in [0.25, 0.3) is 11.6 Å². The van der Waals surface area contributed by atoms with Crippen molar-refractivity contribution in [3.05, 3.63) is 18.2 Å². The zero-order valence-corrected chi connectivity index (χ0v) is 7.17. The van der Waals surface area contributed by atoms with Gasteiger partial charge < -0.3 is 4.42 Å². The second-order valence-electron chi connectivity index (χ2n) is 2.52. The second-order valence-corrected chi connectivity index (χ2v) is 2.52. The molecule has 2 aromatic rings. The van der Waals surface area contributed by atoms with Crippen LogP contribution in [0.2, 0.25) is 0 Å². The summed E-state index contributed by atoms with van der Waals surface area (Å²) < 4.78 is 29.5. The van der Waals surface area contributed by atoms with E-state index in [0.29, 0.717) is 11.0 Å². The van der Waals surface area contributed by atoms with Crippen molar-refractivity contribution in [1.29, 1.82) is 0 Å². The molecule has 2 aromatic heterocycles. The minimum atomic E-state index is -2.73. The molecule has 0 N–H and O–H groups in total. The number of rotatable bonds is 3. The highest BCUT2D eigenvalue weighted by Crippen LogP contribution is 2.17. The predicted octanol–water partition coefficient (Wildman–Crippen LogP) is 1.14. The highest BCUT2D eigenvalue weighted by molar-refractivity contribution is 5.67. The van der Waals surface area contributed by atoms with Crippen molar-refractivity contribution >= 4 is 6.29 Å². The number of aromatic nitrogens is 4. The molecule has 2 rings (SSSR count). The fourth-order valence-corrected chi connectivity index (χ4v) is 0.947. The molecule has 15 heavy (non-hydrogen) atoms. The van der Waals surface area contributed by atoms with Gasteiger partial charge in [-0.2, -0.15) is 13.9 Å². The molecule has 0 aliphatic heterocycles. The van der Waals surface area contributed by atoms with Crippen LogP contribution >= 0.6 is 0 Å². The van der Waals surface area contributed by atoms with E-state index < -0.39 is 6.55 Å². The van der Waals surface area contributed by atoms with E-state index in [1.54, 1.807) is 0 Å². The molecule has 2 heterocycles. The van der Waals surface area contributed by atoms with E-state index >= 15 is 0 Å². The summed E-state index contributed by atoms with van der Waals surface area (Å²) in [6, 6.07) is 1.29. The lowest BCUT2D eigenvalue weighted by atomic mass is 10.4. The lowest BCUT2D eigenvalue weighted by Gasteiger charge is -1.95. The third kappa shape index (κ3) is 1.73. The second kappa shape index (κ2) is 3.56. The van der Waals surface area contributed by atoms with Crippen molar-refractivity contribution in [1.82, 2.24) is 20.0 Å². The Labute approximate surface area is 81.5 Å². The Morgan fingerprint density at radius 1 is 1.47 bits per heavy atom. The minimum Gasteiger partial charge on any atom is -0.412 e. The van der Waals surface area contributed by atoms with E-state index in [1.807, 2.05) is 0 Å². The Kier molecular flexibility index (Phi) is 2.24. The Morgan fingerprint density at radius 3 is 2.80 bits per heavy atom. The zero-order valence-electron chi connectivity index (χ0n) is 7.17. The van der Waals surface area contributed by atoms with Gasteiger partial charge in [0.25, 0.3) is 11.8 Å². The number of carbonyl (C=O) groups excluding carboxylic acids is 1. The molecular formula is C7H4F2N4O2. The molecule has 0 radical (unpaired) electrons. The summed E-state index contributed by atoms with van der Waals surface area (Å²) in [7, 11) is 0. The van der Waals surface area contributed by atoms with Gasteiger partial charge in [-0.1, -0.05) is 0 Å². The normalized spacial score (nSPS) is 10.9. The number of hydrogen-bond donors (Lipinski definition) is 0. The fraction of sp³-hybridized carbons (Fsp3) is 0.143. The monoisotopic (exact) mass is 214 g/mol. The first-order valence-electron chi connectivity index (χ1n) is 3.83. The molecule has 0 unspecified atom stereocenters. The van der Waals surface area contributed by atoms with Crippen LogP contribution in [0.5, 0.6) is 0 Å². The summed E-state index contributed by atoms with van der Waals surface area (Å²) in [6.07, 6.45) is 1.44. The molecule has 8 heteroatoms. The summed E-state index contributed by atoms with van der Waals surface area (Å²) in [5.41, 5.74) is 0.0934. The Hall–Kier alpha value is -2.12. The molecule has 0 aliphatic carbocycles. The summed E-state index contributed by atoms with van der Waals surface area (Å²) in [6.45, 7) is -2.73. The molecule has 0 saturated heterocycles. The zero-order chi connectivity index (χ0) is 10.8. The third-order valence-electron chi connectivity index (χ3n) is 1.57. The molecule has 0 aromatic carbocycles. The van der Waals surface area contributed by atoms with Gasteiger partial charge in [-0.05, 0) is 6.07 Å². The number of alkyl halides is 2. The van der Waals surface area contributed by atoms with Gasteiger partial charge in [0.1, 0.15) is 5.69 Å². The standard InChI is InChI=1S/C7H4F2N4O2/c8-7(9)13-2-1-4(12-13)6-11-10-5(3-14)15-6/h1-3,7H. The largest absolute Gasteiger partial charge is 0.412 e. The number of hydrogen-bond acceptors (Lipinski definition) is 5. The molecule has 0 fully saturated rings. The van der Waals surface area contributed by atoms with E-state index in [4.69, 9.17) is 4.42 Å². The van der Waals surface area contributed by atoms with Gasteiger partial charge >= 0.3 is 6.55 Å². The average molecular weight is 214 g/mol. The topological polar surface area (TPSA) is 73.8 Å². The molecule has 0 bridgehead atoms. The van der Waals surface area contributed by atoms with Crippen LogP contribution in [0.3, 0.4) is 0 Å². The van der Waals surface area contributed by atoms with Crippen LogP contribution in [0.15, 0.2) is 16.7 Å². The average Bonchev–Trinajstić information content (AvgIpc) is 2.86. The first kappa shape index (κ1) is 9.44. The van der Waals surface area contributed by atoms with E-state index in [1.165, 1.54) is 6.07 Å². The smallest absolute Gasteiger partial charge is 0.333 e. The van der Waals surface area contributed by atoms with Gasteiger partial charge in [-0.25, -0.2) is 4.68 Å². The predicted molar refractivity (Wildman–Crippen MR) is 42.2 cm³/mol. The molecule has 0 aliphatic rings. The summed E-state index contributed by atoms with van der Waals surface area (Å²) in [5, 5.41) is 10.3. The quantitative estimate of drug-likeness (QED) is 0.716. The Morgan fingerprint density at radius 2 is 2.27 bits per heavy atom.